The molecule has 1 aliphatic rings. The Balaban J connectivity index is 2.56. The van der Waals surface area contributed by atoms with Gasteiger partial charge >= 0.3 is 0 Å². The number of hydrogen-bond donors (Lipinski definition) is 2. The van der Waals surface area contributed by atoms with Crippen LogP contribution in [0.5, 0.6) is 0 Å². The smallest absolute Gasteiger partial charge is 0.119 e. The molecule has 1 heterocycles. The molecular weight excluding hydrogens is 155 g/mol. The lowest BCUT2D eigenvalue weighted by atomic mass is 9.91. The molecule has 1 aliphatic heterocycles. The summed E-state index contributed by atoms with van der Waals surface area (Å²) >= 11 is 0. The minimum atomic E-state index is -0.428. The minimum absolute atomic E-state index is 0.176. The molecule has 1 rings (SSSR count). The van der Waals surface area contributed by atoms with Crippen molar-refractivity contribution in [2.24, 2.45) is 0 Å². The van der Waals surface area contributed by atoms with Crippen molar-refractivity contribution in [2.45, 2.75) is 18.1 Å². The monoisotopic (exact) mass is 168 g/mol. The second kappa shape index (κ2) is 4.02. The normalized spacial score (nSPS) is 35.8. The average Bonchev–Trinajstić information content (AvgIpc) is 2.29. The van der Waals surface area contributed by atoms with Gasteiger partial charge in [0.05, 0.1) is 18.4 Å². The molecule has 0 amide bonds. The zero-order chi connectivity index (χ0) is 9.14. The van der Waals surface area contributed by atoms with Crippen molar-refractivity contribution in [3.8, 4) is 0 Å². The van der Waals surface area contributed by atoms with Gasteiger partial charge in [0.15, 0.2) is 0 Å². The summed E-state index contributed by atoms with van der Waals surface area (Å²) in [4.78, 5) is 0. The van der Waals surface area contributed by atoms with Crippen LogP contribution in [-0.4, -0.2) is 52.5 Å². The van der Waals surface area contributed by atoms with E-state index in [1.807, 2.05) is 0 Å². The summed E-state index contributed by atoms with van der Waals surface area (Å²) in [6.45, 7) is 0.394. The largest absolute Gasteiger partial charge is 0.382 e. The van der Waals surface area contributed by atoms with Crippen LogP contribution in [-0.2, 0) is 9.47 Å². The molecule has 3 atom stereocenters. The lowest BCUT2D eigenvalue weighted by Gasteiger charge is -2.11. The Labute approximate surface area is 73.5 Å². The van der Waals surface area contributed by atoms with Crippen LogP contribution in [0.3, 0.4) is 0 Å². The molecule has 0 spiro atoms. The summed E-state index contributed by atoms with van der Waals surface area (Å²) in [7, 11) is 8.96. The second-order valence-corrected chi connectivity index (χ2v) is 2.77. The molecule has 12 heavy (non-hydrogen) atoms. The molecule has 0 aliphatic carbocycles. The van der Waals surface area contributed by atoms with Crippen molar-refractivity contribution in [1.82, 2.24) is 5.32 Å². The molecule has 2 radical (unpaired) electrons. The predicted molar refractivity (Wildman–Crippen MR) is 46.9 cm³/mol. The van der Waals surface area contributed by atoms with E-state index in [4.69, 9.17) is 22.7 Å². The maximum atomic E-state index is 7.65. The molecule has 0 aromatic carbocycles. The van der Waals surface area contributed by atoms with Gasteiger partial charge in [-0.1, -0.05) is 0 Å². The van der Waals surface area contributed by atoms with Gasteiger partial charge in [0, 0.05) is 13.1 Å². The third kappa shape index (κ3) is 1.68. The van der Waals surface area contributed by atoms with E-state index in [9.17, 15) is 0 Å². The Morgan fingerprint density at radius 2 is 2.42 bits per heavy atom. The van der Waals surface area contributed by atoms with Crippen LogP contribution in [0.15, 0.2) is 0 Å². The Bertz CT molecular complexity index is 177. The van der Waals surface area contributed by atoms with E-state index >= 15 is 0 Å². The molecule has 0 bridgehead atoms. The van der Waals surface area contributed by atoms with E-state index in [1.165, 1.54) is 0 Å². The zero-order valence-corrected chi connectivity index (χ0v) is 7.33. The molecule has 2 N–H and O–H groups in total. The highest BCUT2D eigenvalue weighted by atomic mass is 16.5. The molecule has 0 aromatic heterocycles. The predicted octanol–water partition coefficient (Wildman–Crippen LogP) is -0.866. The first kappa shape index (κ1) is 9.70. The van der Waals surface area contributed by atoms with Gasteiger partial charge in [-0.05, 0) is 7.05 Å². The van der Waals surface area contributed by atoms with Crippen LogP contribution in [0.2, 0.25) is 0 Å². The van der Waals surface area contributed by atoms with E-state index < -0.39 is 6.00 Å². The molecule has 1 fully saturated rings. The standard InChI is InChI=1S/C7H13BN2O2/c1-10-6-5(9)4(3-11-2)12-7(6)8/h4,6-7,9-10H,3H2,1-2H3. The van der Waals surface area contributed by atoms with Crippen LogP contribution in [0.1, 0.15) is 0 Å². The number of methoxy groups -OCH3 is 1. The lowest BCUT2D eigenvalue weighted by molar-refractivity contribution is 0.0403. The summed E-state index contributed by atoms with van der Waals surface area (Å²) in [6.07, 6.45) is -0.289. The third-order valence-corrected chi connectivity index (χ3v) is 1.96. The van der Waals surface area contributed by atoms with Crippen LogP contribution in [0.4, 0.5) is 0 Å². The highest BCUT2D eigenvalue weighted by molar-refractivity contribution is 6.16. The fourth-order valence-electron chi connectivity index (χ4n) is 1.32. The highest BCUT2D eigenvalue weighted by Crippen LogP contribution is 2.14. The van der Waals surface area contributed by atoms with Gasteiger partial charge in [-0.3, -0.25) is 0 Å². The molecule has 66 valence electrons. The van der Waals surface area contributed by atoms with Gasteiger partial charge in [0.1, 0.15) is 14.0 Å². The Kier molecular flexibility index (Phi) is 3.25. The van der Waals surface area contributed by atoms with E-state index in [1.54, 1.807) is 14.2 Å². The Morgan fingerprint density at radius 3 is 2.83 bits per heavy atom. The average molecular weight is 168 g/mol. The van der Waals surface area contributed by atoms with Gasteiger partial charge in [-0.15, -0.1) is 0 Å². The van der Waals surface area contributed by atoms with Crippen molar-refractivity contribution in [2.75, 3.05) is 20.8 Å². The SMILES string of the molecule is [B]C1OC(COC)C(=N)C1NC. The van der Waals surface area contributed by atoms with Crippen molar-refractivity contribution in [1.29, 1.82) is 5.41 Å². The summed E-state index contributed by atoms with van der Waals surface area (Å²) in [5.74, 6) is 0. The Hall–Kier alpha value is -0.385. The lowest BCUT2D eigenvalue weighted by Crippen LogP contribution is -2.40. The van der Waals surface area contributed by atoms with Gasteiger partial charge in [0.2, 0.25) is 0 Å². The maximum absolute atomic E-state index is 7.65. The number of likely N-dealkylation sites (N-methyl/N-ethyl adjacent to an activating group) is 1. The van der Waals surface area contributed by atoms with E-state index in [0.29, 0.717) is 12.3 Å². The fourth-order valence-corrected chi connectivity index (χ4v) is 1.32. The molecule has 5 heteroatoms. The first-order chi connectivity index (χ1) is 5.70. The topological polar surface area (TPSA) is 54.3 Å². The van der Waals surface area contributed by atoms with E-state index in [2.05, 4.69) is 5.32 Å². The molecule has 0 saturated carbocycles. The number of hydrogen-bond acceptors (Lipinski definition) is 4. The van der Waals surface area contributed by atoms with Crippen LogP contribution in [0.25, 0.3) is 0 Å². The van der Waals surface area contributed by atoms with Crippen molar-refractivity contribution < 1.29 is 9.47 Å². The van der Waals surface area contributed by atoms with Crippen LogP contribution >= 0.6 is 0 Å². The third-order valence-electron chi connectivity index (χ3n) is 1.96. The van der Waals surface area contributed by atoms with E-state index in [-0.39, 0.29) is 12.1 Å². The molecule has 3 unspecified atom stereocenters. The molecular formula is C7H13BN2O2. The first-order valence-electron chi connectivity index (χ1n) is 3.86. The molecule has 4 nitrogen and oxygen atoms in total. The summed E-state index contributed by atoms with van der Waals surface area (Å²) in [6, 6.07) is -0.604. The second-order valence-electron chi connectivity index (χ2n) is 2.77. The summed E-state index contributed by atoms with van der Waals surface area (Å²) in [5, 5.41) is 10.6. The van der Waals surface area contributed by atoms with Gasteiger partial charge in [-0.2, -0.15) is 0 Å². The summed E-state index contributed by atoms with van der Waals surface area (Å²) < 4.78 is 10.2. The first-order valence-corrected chi connectivity index (χ1v) is 3.86. The highest BCUT2D eigenvalue weighted by Gasteiger charge is 2.35. The minimum Gasteiger partial charge on any atom is -0.382 e. The van der Waals surface area contributed by atoms with Gasteiger partial charge in [0.25, 0.3) is 0 Å². The zero-order valence-electron chi connectivity index (χ0n) is 7.33. The van der Waals surface area contributed by atoms with Crippen molar-refractivity contribution in [3.63, 3.8) is 0 Å². The maximum Gasteiger partial charge on any atom is 0.119 e. The molecule has 1 saturated heterocycles. The molecule has 0 aromatic rings. The van der Waals surface area contributed by atoms with Crippen molar-refractivity contribution >= 4 is 13.6 Å². The number of rotatable bonds is 3. The quantitative estimate of drug-likeness (QED) is 0.538. The number of nitrogens with one attached hydrogen (secondary N) is 2. The number of ether oxygens (including phenoxy) is 2. The summed E-state index contributed by atoms with van der Waals surface area (Å²) in [5.41, 5.74) is 0.465. The van der Waals surface area contributed by atoms with Gasteiger partial charge < -0.3 is 20.2 Å². The van der Waals surface area contributed by atoms with Crippen molar-refractivity contribution in [3.05, 3.63) is 0 Å². The van der Waals surface area contributed by atoms with Gasteiger partial charge in [-0.25, -0.2) is 0 Å². The van der Waals surface area contributed by atoms with Crippen LogP contribution < -0.4 is 5.32 Å². The Morgan fingerprint density at radius 1 is 1.75 bits per heavy atom. The van der Waals surface area contributed by atoms with Crippen LogP contribution in [0, 0.1) is 5.41 Å². The van der Waals surface area contributed by atoms with E-state index in [0.717, 1.165) is 0 Å². The fraction of sp³-hybridized carbons (Fsp3) is 0.857.